The maximum atomic E-state index is 14.5. The Kier molecular flexibility index (Phi) is 7.81. The lowest BCUT2D eigenvalue weighted by Crippen LogP contribution is -2.57. The molecule has 21 heteroatoms. The molecule has 0 saturated carbocycles. The molecule has 0 saturated heterocycles. The lowest BCUT2D eigenvalue weighted by Gasteiger charge is -2.34. The molecule has 3 aromatic carbocycles. The second kappa shape index (κ2) is 10.8. The molecule has 5 rings (SSSR count). The van der Waals surface area contributed by atoms with Gasteiger partial charge in [0, 0.05) is 27.4 Å². The fraction of sp³-hybridized carbons (Fsp3) is 0.192. The number of hydrogen-bond acceptors (Lipinski definition) is 5. The number of amides is 2. The Bertz CT molecular complexity index is 2060. The summed E-state index contributed by atoms with van der Waals surface area (Å²) in [5, 5.41) is 24.0. The van der Waals surface area contributed by atoms with E-state index in [1.807, 2.05) is 5.32 Å². The van der Waals surface area contributed by atoms with Gasteiger partial charge in [0.05, 0.1) is 28.2 Å². The number of aliphatic hydroxyl groups is 2. The van der Waals surface area contributed by atoms with Crippen LogP contribution in [0.3, 0.4) is 0 Å². The number of halogens is 10. The fourth-order valence-corrected chi connectivity index (χ4v) is 5.27. The number of nitrogens with zero attached hydrogens (tertiary/aromatic N) is 2. The Morgan fingerprint density at radius 3 is 2.13 bits per heavy atom. The number of imidazole rings is 1. The number of carbonyl (C=O) groups is 2. The van der Waals surface area contributed by atoms with Gasteiger partial charge in [-0.15, -0.1) is 13.2 Å². The molecular weight excluding hydrogens is 676 g/mol. The first kappa shape index (κ1) is 33.9. The summed E-state index contributed by atoms with van der Waals surface area (Å²) in [5.74, 6) is -10.1. The van der Waals surface area contributed by atoms with Crippen LogP contribution in [0.25, 0.3) is 11.0 Å². The van der Waals surface area contributed by atoms with Gasteiger partial charge in [-0.2, -0.15) is 13.2 Å². The summed E-state index contributed by atoms with van der Waals surface area (Å²) in [4.78, 5) is 39.7. The van der Waals surface area contributed by atoms with Gasteiger partial charge in [-0.1, -0.05) is 11.6 Å². The summed E-state index contributed by atoms with van der Waals surface area (Å²) in [5.41, 5.74) is -15.1. The first-order chi connectivity index (χ1) is 21.4. The number of carbonyl (C=O) groups excluding carboxylic acids is 2. The Balaban J connectivity index is 1.90. The summed E-state index contributed by atoms with van der Waals surface area (Å²) in [6.45, 7) is 0. The van der Waals surface area contributed by atoms with Crippen molar-refractivity contribution in [3.05, 3.63) is 97.4 Å². The van der Waals surface area contributed by atoms with Crippen molar-refractivity contribution in [3.8, 4) is 0 Å². The van der Waals surface area contributed by atoms with Crippen LogP contribution in [0.4, 0.5) is 45.2 Å². The van der Waals surface area contributed by atoms with E-state index >= 15 is 0 Å². The zero-order valence-electron chi connectivity index (χ0n) is 22.6. The van der Waals surface area contributed by atoms with Crippen molar-refractivity contribution >= 4 is 55.8 Å². The number of rotatable bonds is 5. The van der Waals surface area contributed by atoms with Crippen LogP contribution < -0.4 is 16.3 Å². The Morgan fingerprint density at radius 2 is 1.55 bits per heavy atom. The SMILES string of the molecule is [B]C(O)(F)C([B])(O)n1c(=O)n(C(F)(F)F)c2c3c(c(NC(=O)c4cc(F)cc(C(F)(F)F)c4)cc21)C(c1cc(F)ccc1Cl)NC3=O. The van der Waals surface area contributed by atoms with E-state index in [2.05, 4.69) is 5.32 Å². The lowest BCUT2D eigenvalue weighted by molar-refractivity contribution is -0.206. The molecule has 1 aromatic heterocycles. The summed E-state index contributed by atoms with van der Waals surface area (Å²) in [7, 11) is 10.1. The molecular formula is C26H12B2ClF9N4O5. The van der Waals surface area contributed by atoms with E-state index in [1.54, 1.807) is 0 Å². The van der Waals surface area contributed by atoms with E-state index in [0.29, 0.717) is 12.1 Å². The predicted octanol–water partition coefficient (Wildman–Crippen LogP) is 3.87. The van der Waals surface area contributed by atoms with Gasteiger partial charge in [-0.3, -0.25) is 14.2 Å². The molecule has 3 unspecified atom stereocenters. The van der Waals surface area contributed by atoms with Gasteiger partial charge in [-0.25, -0.2) is 22.5 Å². The predicted molar refractivity (Wildman–Crippen MR) is 145 cm³/mol. The second-order valence-electron chi connectivity index (χ2n) is 10.2. The van der Waals surface area contributed by atoms with Gasteiger partial charge in [0.1, 0.15) is 17.3 Å². The number of alkyl halides is 7. The summed E-state index contributed by atoms with van der Waals surface area (Å²) in [6, 6.07) is 1.83. The quantitative estimate of drug-likeness (QED) is 0.187. The smallest absolute Gasteiger partial charge is 0.375 e. The second-order valence-corrected chi connectivity index (χ2v) is 10.6. The molecule has 0 spiro atoms. The monoisotopic (exact) mass is 688 g/mol. The maximum absolute atomic E-state index is 14.5. The van der Waals surface area contributed by atoms with Crippen molar-refractivity contribution in [2.24, 2.45) is 0 Å². The van der Waals surface area contributed by atoms with Crippen molar-refractivity contribution < 1.29 is 59.3 Å². The molecule has 3 atom stereocenters. The normalized spacial score (nSPS) is 17.6. The largest absolute Gasteiger partial charge is 0.493 e. The maximum Gasteiger partial charge on any atom is 0.493 e. The molecule has 4 aromatic rings. The van der Waals surface area contributed by atoms with Gasteiger partial charge >= 0.3 is 18.2 Å². The minimum Gasteiger partial charge on any atom is -0.375 e. The molecule has 0 bridgehead atoms. The topological polar surface area (TPSA) is 126 Å². The van der Waals surface area contributed by atoms with Crippen molar-refractivity contribution in [1.82, 2.24) is 14.5 Å². The number of nitrogens with one attached hydrogen (secondary N) is 2. The molecule has 4 radical (unpaired) electrons. The van der Waals surface area contributed by atoms with E-state index in [0.717, 1.165) is 18.2 Å². The van der Waals surface area contributed by atoms with Gasteiger partial charge in [0.2, 0.25) is 0 Å². The minimum atomic E-state index is -5.78. The van der Waals surface area contributed by atoms with E-state index < -0.39 is 107 Å². The third-order valence-electron chi connectivity index (χ3n) is 7.07. The number of aromatic nitrogens is 2. The molecule has 4 N–H and O–H groups in total. The number of anilines is 1. The molecule has 2 heterocycles. The highest BCUT2D eigenvalue weighted by atomic mass is 35.5. The van der Waals surface area contributed by atoms with Crippen LogP contribution in [0.1, 0.15) is 43.4 Å². The zero-order valence-corrected chi connectivity index (χ0v) is 23.3. The molecule has 0 fully saturated rings. The first-order valence-corrected chi connectivity index (χ1v) is 12.9. The highest BCUT2D eigenvalue weighted by molar-refractivity contribution is 6.31. The zero-order chi connectivity index (χ0) is 35.2. The van der Waals surface area contributed by atoms with Gasteiger partial charge in [-0.05, 0) is 42.5 Å². The lowest BCUT2D eigenvalue weighted by atomic mass is 9.73. The Labute approximate surface area is 262 Å². The van der Waals surface area contributed by atoms with E-state index in [-0.39, 0.29) is 22.7 Å². The number of fused-ring (bicyclic) bond motifs is 3. The fourth-order valence-electron chi connectivity index (χ4n) is 5.05. The van der Waals surface area contributed by atoms with Crippen molar-refractivity contribution in [2.75, 3.05) is 5.32 Å². The van der Waals surface area contributed by atoms with E-state index in [4.69, 9.17) is 27.3 Å². The van der Waals surface area contributed by atoms with Gasteiger partial charge < -0.3 is 20.8 Å². The molecule has 2 amide bonds. The van der Waals surface area contributed by atoms with Gasteiger partial charge in [0.15, 0.2) is 21.4 Å². The van der Waals surface area contributed by atoms with Crippen LogP contribution in [0.5, 0.6) is 0 Å². The molecule has 1 aliphatic rings. The average molecular weight is 688 g/mol. The molecule has 9 nitrogen and oxygen atoms in total. The van der Waals surface area contributed by atoms with E-state index in [1.165, 1.54) is 0 Å². The van der Waals surface area contributed by atoms with Crippen molar-refractivity contribution in [1.29, 1.82) is 0 Å². The molecule has 242 valence electrons. The number of benzene rings is 3. The number of hydrogen-bond donors (Lipinski definition) is 4. The summed E-state index contributed by atoms with van der Waals surface area (Å²) >= 11 is 6.16. The molecule has 0 aliphatic carbocycles. The third kappa shape index (κ3) is 5.63. The highest BCUT2D eigenvalue weighted by Crippen LogP contribution is 2.45. The van der Waals surface area contributed by atoms with Crippen molar-refractivity contribution in [2.45, 2.75) is 29.9 Å². The van der Waals surface area contributed by atoms with Gasteiger partial charge in [0.25, 0.3) is 11.8 Å². The van der Waals surface area contributed by atoms with Crippen LogP contribution in [0, 0.1) is 11.6 Å². The molecule has 1 aliphatic heterocycles. The standard InChI is InChI=1S/C26H12B2ClF9N4O5/c27-24(35,46)25(28,47)41-15-7-14(39-20(43)8-3-9(23(32,33)34)5-11(31)4-8)16-17(19(15)42(22(41)45)26(36,37)38)21(44)40-18(16)12-6-10(30)1-2-13(12)29/h1-7,18,46-47H,(H,39,43)(H,40,44). The minimum absolute atomic E-state index is 0.0522. The van der Waals surface area contributed by atoms with Crippen LogP contribution >= 0.6 is 11.6 Å². The first-order valence-electron chi connectivity index (χ1n) is 12.5. The highest BCUT2D eigenvalue weighted by Gasteiger charge is 2.49. The van der Waals surface area contributed by atoms with E-state index in [9.17, 15) is 64.1 Å². The third-order valence-corrected chi connectivity index (χ3v) is 7.42. The van der Waals surface area contributed by atoms with Crippen molar-refractivity contribution in [3.63, 3.8) is 0 Å². The van der Waals surface area contributed by atoms with Crippen LogP contribution in [0.2, 0.25) is 5.02 Å². The molecule has 47 heavy (non-hydrogen) atoms. The van der Waals surface area contributed by atoms with Crippen LogP contribution in [-0.4, -0.2) is 52.6 Å². The average Bonchev–Trinajstić information content (AvgIpc) is 3.42. The summed E-state index contributed by atoms with van der Waals surface area (Å²) < 4.78 is 124. The van der Waals surface area contributed by atoms with Crippen LogP contribution in [-0.2, 0) is 18.1 Å². The van der Waals surface area contributed by atoms with Crippen LogP contribution in [0.15, 0.2) is 47.3 Å². The Hall–Kier alpha value is -4.42. The Morgan fingerprint density at radius 1 is 0.915 bits per heavy atom. The summed E-state index contributed by atoms with van der Waals surface area (Å²) in [6.07, 6.45) is -10.9.